The molecule has 0 aliphatic carbocycles. The first-order chi connectivity index (χ1) is 8.93. The van der Waals surface area contributed by atoms with Gasteiger partial charge in [0.1, 0.15) is 5.82 Å². The summed E-state index contributed by atoms with van der Waals surface area (Å²) in [4.78, 5) is 31.9. The van der Waals surface area contributed by atoms with Crippen molar-refractivity contribution in [1.82, 2.24) is 10.6 Å². The van der Waals surface area contributed by atoms with E-state index in [1.807, 2.05) is 5.32 Å². The van der Waals surface area contributed by atoms with Gasteiger partial charge in [0.25, 0.3) is 5.91 Å². The first kappa shape index (κ1) is 14.4. The third-order valence-corrected chi connectivity index (χ3v) is 1.96. The zero-order valence-electron chi connectivity index (χ0n) is 9.81. The van der Waals surface area contributed by atoms with Gasteiger partial charge >= 0.3 is 11.7 Å². The summed E-state index contributed by atoms with van der Waals surface area (Å²) >= 11 is 0. The minimum atomic E-state index is -0.821. The van der Waals surface area contributed by atoms with Gasteiger partial charge in [-0.2, -0.15) is 0 Å². The van der Waals surface area contributed by atoms with E-state index in [0.29, 0.717) is 0 Å². The van der Waals surface area contributed by atoms with E-state index in [2.05, 4.69) is 5.32 Å². The maximum absolute atomic E-state index is 12.9. The molecule has 0 atom stereocenters. The van der Waals surface area contributed by atoms with Gasteiger partial charge in [-0.25, -0.2) is 9.18 Å². The summed E-state index contributed by atoms with van der Waals surface area (Å²) in [6, 6.07) is 1.85. The molecular formula is C10H10FN3O5. The van der Waals surface area contributed by atoms with E-state index >= 15 is 0 Å². The van der Waals surface area contributed by atoms with Gasteiger partial charge in [-0.3, -0.25) is 20.2 Å². The number of imide groups is 1. The van der Waals surface area contributed by atoms with Crippen LogP contribution in [0.15, 0.2) is 18.2 Å². The number of hydrogen-bond donors (Lipinski definition) is 2. The van der Waals surface area contributed by atoms with Gasteiger partial charge in [0.2, 0.25) is 5.75 Å². The van der Waals surface area contributed by atoms with Crippen LogP contribution in [0, 0.1) is 15.9 Å². The Morgan fingerprint density at radius 2 is 2.16 bits per heavy atom. The standard InChI is InChI=1S/C10H10FN3O5/c1-12-10(16)13-9(15)5-19-8-4-6(11)2-3-7(8)14(17)18/h2-4H,5H2,1H3,(H2,12,13,15,16). The Bertz CT molecular complexity index is 520. The number of halogens is 1. The van der Waals surface area contributed by atoms with Crippen molar-refractivity contribution in [1.29, 1.82) is 0 Å². The van der Waals surface area contributed by atoms with Crippen molar-refractivity contribution >= 4 is 17.6 Å². The smallest absolute Gasteiger partial charge is 0.321 e. The number of carbonyl (C=O) groups is 2. The maximum Gasteiger partial charge on any atom is 0.321 e. The van der Waals surface area contributed by atoms with Gasteiger partial charge in [-0.05, 0) is 6.07 Å². The van der Waals surface area contributed by atoms with E-state index in [1.54, 1.807) is 0 Å². The molecule has 9 heteroatoms. The van der Waals surface area contributed by atoms with Gasteiger partial charge in [0, 0.05) is 19.2 Å². The van der Waals surface area contributed by atoms with Gasteiger partial charge in [0.05, 0.1) is 4.92 Å². The van der Waals surface area contributed by atoms with Gasteiger partial charge in [0.15, 0.2) is 6.61 Å². The molecule has 2 N–H and O–H groups in total. The van der Waals surface area contributed by atoms with Crippen molar-refractivity contribution in [2.24, 2.45) is 0 Å². The molecule has 0 aliphatic rings. The first-order valence-electron chi connectivity index (χ1n) is 5.02. The molecule has 0 bridgehead atoms. The highest BCUT2D eigenvalue weighted by atomic mass is 19.1. The summed E-state index contributed by atoms with van der Waals surface area (Å²) in [5.74, 6) is -1.96. The Morgan fingerprint density at radius 3 is 2.74 bits per heavy atom. The van der Waals surface area contributed by atoms with E-state index in [0.717, 1.165) is 18.2 Å². The number of rotatable bonds is 4. The number of hydrogen-bond acceptors (Lipinski definition) is 5. The molecule has 0 aliphatic heterocycles. The monoisotopic (exact) mass is 271 g/mol. The molecule has 0 aromatic heterocycles. The molecule has 102 valence electrons. The number of urea groups is 1. The fourth-order valence-corrected chi connectivity index (χ4v) is 1.12. The van der Waals surface area contributed by atoms with Crippen LogP contribution in [0.4, 0.5) is 14.9 Å². The van der Waals surface area contributed by atoms with Crippen molar-refractivity contribution < 1.29 is 23.6 Å². The predicted octanol–water partition coefficient (Wildman–Crippen LogP) is 0.568. The fourth-order valence-electron chi connectivity index (χ4n) is 1.12. The van der Waals surface area contributed by atoms with Crippen LogP contribution in [-0.2, 0) is 4.79 Å². The molecule has 19 heavy (non-hydrogen) atoms. The van der Waals surface area contributed by atoms with Gasteiger partial charge in [-0.15, -0.1) is 0 Å². The number of ether oxygens (including phenoxy) is 1. The quantitative estimate of drug-likeness (QED) is 0.614. The molecule has 0 spiro atoms. The minimum absolute atomic E-state index is 0.392. The molecule has 1 rings (SSSR count). The Balaban J connectivity index is 2.72. The van der Waals surface area contributed by atoms with Crippen molar-refractivity contribution in [2.45, 2.75) is 0 Å². The van der Waals surface area contributed by atoms with E-state index in [-0.39, 0.29) is 0 Å². The third kappa shape index (κ3) is 4.22. The summed E-state index contributed by atoms with van der Waals surface area (Å²) in [6.07, 6.45) is 0. The van der Waals surface area contributed by atoms with Crippen LogP contribution in [0.25, 0.3) is 0 Å². The van der Waals surface area contributed by atoms with E-state index in [1.165, 1.54) is 7.05 Å². The van der Waals surface area contributed by atoms with Crippen LogP contribution >= 0.6 is 0 Å². The maximum atomic E-state index is 12.9. The van der Waals surface area contributed by atoms with Crippen LogP contribution < -0.4 is 15.4 Å². The molecule has 1 aromatic rings. The molecule has 3 amide bonds. The topological polar surface area (TPSA) is 111 Å². The van der Waals surface area contributed by atoms with Crippen molar-refractivity contribution in [3.63, 3.8) is 0 Å². The molecule has 0 unspecified atom stereocenters. The zero-order chi connectivity index (χ0) is 14.4. The number of nitro groups is 1. The second-order valence-corrected chi connectivity index (χ2v) is 3.29. The van der Waals surface area contributed by atoms with E-state index in [4.69, 9.17) is 4.74 Å². The number of nitro benzene ring substituents is 1. The van der Waals surface area contributed by atoms with Crippen LogP contribution in [0.2, 0.25) is 0 Å². The van der Waals surface area contributed by atoms with Crippen LogP contribution in [0.1, 0.15) is 0 Å². The first-order valence-corrected chi connectivity index (χ1v) is 5.02. The number of nitrogens with zero attached hydrogens (tertiary/aromatic N) is 1. The Kier molecular flexibility index (Phi) is 4.75. The highest BCUT2D eigenvalue weighted by Crippen LogP contribution is 2.27. The summed E-state index contributed by atoms with van der Waals surface area (Å²) in [6.45, 7) is -0.655. The van der Waals surface area contributed by atoms with Gasteiger partial charge < -0.3 is 10.1 Å². The Labute approximate surface area is 106 Å². The lowest BCUT2D eigenvalue weighted by molar-refractivity contribution is -0.385. The van der Waals surface area contributed by atoms with E-state index in [9.17, 15) is 24.1 Å². The summed E-state index contributed by atoms with van der Waals surface area (Å²) in [5, 5.41) is 14.7. The van der Waals surface area contributed by atoms with E-state index < -0.39 is 40.7 Å². The van der Waals surface area contributed by atoms with Crippen LogP contribution in [-0.4, -0.2) is 30.5 Å². The average molecular weight is 271 g/mol. The summed E-state index contributed by atoms with van der Waals surface area (Å²) in [7, 11) is 1.31. The lowest BCUT2D eigenvalue weighted by atomic mass is 10.3. The number of amides is 3. The highest BCUT2D eigenvalue weighted by molar-refractivity contribution is 5.94. The van der Waals surface area contributed by atoms with Crippen molar-refractivity contribution in [3.05, 3.63) is 34.1 Å². The summed E-state index contributed by atoms with van der Waals surface area (Å²) in [5.41, 5.74) is -0.478. The molecule has 0 saturated heterocycles. The lowest BCUT2D eigenvalue weighted by Crippen LogP contribution is -2.40. The zero-order valence-corrected chi connectivity index (χ0v) is 9.81. The lowest BCUT2D eigenvalue weighted by Gasteiger charge is -2.06. The molecule has 0 saturated carbocycles. The second kappa shape index (κ2) is 6.28. The van der Waals surface area contributed by atoms with Crippen molar-refractivity contribution in [2.75, 3.05) is 13.7 Å². The molecule has 0 fully saturated rings. The van der Waals surface area contributed by atoms with Crippen LogP contribution in [0.5, 0.6) is 5.75 Å². The number of benzene rings is 1. The van der Waals surface area contributed by atoms with Crippen molar-refractivity contribution in [3.8, 4) is 5.75 Å². The van der Waals surface area contributed by atoms with Gasteiger partial charge in [-0.1, -0.05) is 0 Å². The number of nitrogens with one attached hydrogen (secondary N) is 2. The third-order valence-electron chi connectivity index (χ3n) is 1.96. The second-order valence-electron chi connectivity index (χ2n) is 3.29. The molecule has 0 heterocycles. The summed E-state index contributed by atoms with van der Waals surface area (Å²) < 4.78 is 17.7. The molecule has 0 radical (unpaired) electrons. The van der Waals surface area contributed by atoms with Crippen LogP contribution in [0.3, 0.4) is 0 Å². The Morgan fingerprint density at radius 1 is 1.47 bits per heavy atom. The molecular weight excluding hydrogens is 261 g/mol. The SMILES string of the molecule is CNC(=O)NC(=O)COc1cc(F)ccc1[N+](=O)[O-]. The number of carbonyl (C=O) groups excluding carboxylic acids is 2. The average Bonchev–Trinajstić information content (AvgIpc) is 2.35. The molecule has 8 nitrogen and oxygen atoms in total. The Hall–Kier alpha value is -2.71. The normalized spacial score (nSPS) is 9.58. The fraction of sp³-hybridized carbons (Fsp3) is 0.200. The highest BCUT2D eigenvalue weighted by Gasteiger charge is 2.17. The largest absolute Gasteiger partial charge is 0.477 e. The predicted molar refractivity (Wildman–Crippen MR) is 61.1 cm³/mol. The minimum Gasteiger partial charge on any atom is -0.477 e. The molecule has 1 aromatic carbocycles.